The van der Waals surface area contributed by atoms with Gasteiger partial charge in [-0.3, -0.25) is 4.79 Å². The monoisotopic (exact) mass is 408 g/mol. The molecule has 156 valence electrons. The Morgan fingerprint density at radius 3 is 2.68 bits per heavy atom. The second kappa shape index (κ2) is 9.02. The molecule has 2 aliphatic heterocycles. The van der Waals surface area contributed by atoms with E-state index in [4.69, 9.17) is 9.47 Å². The molecule has 28 heavy (non-hydrogen) atoms. The molecule has 0 spiro atoms. The molecular weight excluding hydrogens is 376 g/mol. The molecule has 1 aliphatic carbocycles. The van der Waals surface area contributed by atoms with E-state index in [1.807, 2.05) is 12.1 Å². The number of rotatable bonds is 5. The van der Waals surface area contributed by atoms with Crippen LogP contribution >= 0.6 is 12.4 Å². The zero-order chi connectivity index (χ0) is 18.7. The number of ether oxygens (including phenoxy) is 2. The highest BCUT2D eigenvalue weighted by Crippen LogP contribution is 2.44. The first kappa shape index (κ1) is 21.4. The Kier molecular flexibility index (Phi) is 6.89. The van der Waals surface area contributed by atoms with Crippen molar-refractivity contribution in [1.29, 1.82) is 0 Å². The first-order valence-electron chi connectivity index (χ1n) is 10.4. The normalized spacial score (nSPS) is 28.7. The molecule has 0 aromatic heterocycles. The fourth-order valence-electron chi connectivity index (χ4n) is 5.39. The Balaban J connectivity index is 0.00000225. The van der Waals surface area contributed by atoms with Gasteiger partial charge >= 0.3 is 0 Å². The minimum atomic E-state index is -0.190. The van der Waals surface area contributed by atoms with Gasteiger partial charge in [0.1, 0.15) is 5.75 Å². The molecule has 4 rings (SSSR count). The van der Waals surface area contributed by atoms with Crippen molar-refractivity contribution in [3.63, 3.8) is 0 Å². The Labute approximate surface area is 174 Å². The van der Waals surface area contributed by atoms with E-state index in [2.05, 4.69) is 22.8 Å². The van der Waals surface area contributed by atoms with Crippen molar-refractivity contribution in [3.8, 4) is 5.75 Å². The van der Waals surface area contributed by atoms with Crippen LogP contribution in [0.2, 0.25) is 0 Å². The number of carbonyl (C=O) groups excluding carboxylic acids is 1. The average molecular weight is 409 g/mol. The highest BCUT2D eigenvalue weighted by atomic mass is 35.5. The molecule has 2 atom stereocenters. The van der Waals surface area contributed by atoms with Crippen molar-refractivity contribution in [2.75, 3.05) is 40.0 Å². The number of fused-ring (bicyclic) bond motifs is 1. The van der Waals surface area contributed by atoms with Crippen LogP contribution in [0.5, 0.6) is 5.75 Å². The zero-order valence-electron chi connectivity index (χ0n) is 16.8. The van der Waals surface area contributed by atoms with E-state index in [9.17, 15) is 4.79 Å². The predicted molar refractivity (Wildman–Crippen MR) is 112 cm³/mol. The fraction of sp³-hybridized carbons (Fsp3) is 0.682. The molecular formula is C22H33ClN2O3. The Hall–Kier alpha value is -1.30. The van der Waals surface area contributed by atoms with Crippen LogP contribution in [0.25, 0.3) is 0 Å². The van der Waals surface area contributed by atoms with Crippen molar-refractivity contribution in [1.82, 2.24) is 10.6 Å². The van der Waals surface area contributed by atoms with Gasteiger partial charge in [0.15, 0.2) is 0 Å². The summed E-state index contributed by atoms with van der Waals surface area (Å²) in [6.45, 7) is 4.01. The number of amides is 1. The Morgan fingerprint density at radius 1 is 1.21 bits per heavy atom. The number of methoxy groups -OCH3 is 1. The smallest absolute Gasteiger partial charge is 0.227 e. The summed E-state index contributed by atoms with van der Waals surface area (Å²) in [4.78, 5) is 13.3. The Bertz CT molecular complexity index is 660. The van der Waals surface area contributed by atoms with Gasteiger partial charge < -0.3 is 20.1 Å². The minimum Gasteiger partial charge on any atom is -0.497 e. The van der Waals surface area contributed by atoms with E-state index >= 15 is 0 Å². The lowest BCUT2D eigenvalue weighted by Crippen LogP contribution is -2.52. The van der Waals surface area contributed by atoms with Crippen LogP contribution in [-0.4, -0.2) is 45.9 Å². The van der Waals surface area contributed by atoms with Crippen molar-refractivity contribution in [2.24, 2.45) is 11.3 Å². The number of hydrogen-bond acceptors (Lipinski definition) is 4. The van der Waals surface area contributed by atoms with Gasteiger partial charge in [0.05, 0.1) is 12.5 Å². The second-order valence-corrected chi connectivity index (χ2v) is 8.53. The predicted octanol–water partition coefficient (Wildman–Crippen LogP) is 3.06. The topological polar surface area (TPSA) is 59.6 Å². The second-order valence-electron chi connectivity index (χ2n) is 8.53. The molecule has 1 amide bonds. The first-order valence-corrected chi connectivity index (χ1v) is 10.4. The Morgan fingerprint density at radius 2 is 1.96 bits per heavy atom. The van der Waals surface area contributed by atoms with E-state index in [0.717, 1.165) is 51.3 Å². The summed E-state index contributed by atoms with van der Waals surface area (Å²) < 4.78 is 10.9. The van der Waals surface area contributed by atoms with Gasteiger partial charge in [0, 0.05) is 31.7 Å². The minimum absolute atomic E-state index is 0. The molecule has 2 heterocycles. The van der Waals surface area contributed by atoms with Crippen molar-refractivity contribution < 1.29 is 14.3 Å². The largest absolute Gasteiger partial charge is 0.497 e. The van der Waals surface area contributed by atoms with Crippen LogP contribution in [0.15, 0.2) is 24.3 Å². The van der Waals surface area contributed by atoms with Crippen LogP contribution in [-0.2, 0) is 14.9 Å². The summed E-state index contributed by atoms with van der Waals surface area (Å²) in [5.41, 5.74) is 1.03. The van der Waals surface area contributed by atoms with Crippen molar-refractivity contribution in [3.05, 3.63) is 29.8 Å². The van der Waals surface area contributed by atoms with Gasteiger partial charge in [-0.25, -0.2) is 0 Å². The van der Waals surface area contributed by atoms with Gasteiger partial charge in [-0.2, -0.15) is 0 Å². The molecule has 0 unspecified atom stereocenters. The lowest BCUT2D eigenvalue weighted by molar-refractivity contribution is -0.134. The van der Waals surface area contributed by atoms with E-state index in [1.54, 1.807) is 7.11 Å². The van der Waals surface area contributed by atoms with Gasteiger partial charge in [0.25, 0.3) is 0 Å². The molecule has 3 aliphatic rings. The molecule has 1 aromatic rings. The van der Waals surface area contributed by atoms with Crippen molar-refractivity contribution >= 4 is 18.3 Å². The fourth-order valence-corrected chi connectivity index (χ4v) is 5.39. The molecule has 0 radical (unpaired) electrons. The van der Waals surface area contributed by atoms with Crippen LogP contribution < -0.4 is 15.4 Å². The number of nitrogens with one attached hydrogen (secondary N) is 2. The molecule has 5 nitrogen and oxygen atoms in total. The van der Waals surface area contributed by atoms with E-state index in [0.29, 0.717) is 12.5 Å². The quantitative estimate of drug-likeness (QED) is 0.786. The van der Waals surface area contributed by atoms with E-state index in [1.165, 1.54) is 24.8 Å². The molecule has 2 N–H and O–H groups in total. The summed E-state index contributed by atoms with van der Waals surface area (Å²) in [7, 11) is 1.69. The molecule has 6 heteroatoms. The van der Waals surface area contributed by atoms with Gasteiger partial charge in [-0.1, -0.05) is 25.0 Å². The third-order valence-corrected chi connectivity index (χ3v) is 7.23. The maximum Gasteiger partial charge on any atom is 0.227 e. The van der Waals surface area contributed by atoms with Gasteiger partial charge in [-0.15, -0.1) is 12.4 Å². The molecule has 1 saturated carbocycles. The van der Waals surface area contributed by atoms with Crippen LogP contribution in [0.4, 0.5) is 0 Å². The molecule has 0 bridgehead atoms. The summed E-state index contributed by atoms with van der Waals surface area (Å²) in [6, 6.07) is 8.33. The highest BCUT2D eigenvalue weighted by Gasteiger charge is 2.50. The zero-order valence-corrected chi connectivity index (χ0v) is 17.6. The number of hydrogen-bond donors (Lipinski definition) is 2. The maximum absolute atomic E-state index is 13.3. The summed E-state index contributed by atoms with van der Waals surface area (Å²) in [6.07, 6.45) is 6.51. The van der Waals surface area contributed by atoms with Gasteiger partial charge in [-0.05, 0) is 55.8 Å². The molecule has 1 aromatic carbocycles. The van der Waals surface area contributed by atoms with Crippen LogP contribution in [0, 0.1) is 11.3 Å². The lowest BCUT2D eigenvalue weighted by Gasteiger charge is -2.41. The first-order chi connectivity index (χ1) is 13.2. The third-order valence-electron chi connectivity index (χ3n) is 7.23. The summed E-state index contributed by atoms with van der Waals surface area (Å²) in [5, 5.41) is 6.87. The van der Waals surface area contributed by atoms with Crippen LogP contribution in [0.1, 0.15) is 44.1 Å². The van der Waals surface area contributed by atoms with E-state index < -0.39 is 0 Å². The number of halogens is 1. The van der Waals surface area contributed by atoms with E-state index in [-0.39, 0.29) is 29.1 Å². The number of benzene rings is 1. The maximum atomic E-state index is 13.3. The molecule has 2 saturated heterocycles. The van der Waals surface area contributed by atoms with Crippen molar-refractivity contribution in [2.45, 2.75) is 43.9 Å². The summed E-state index contributed by atoms with van der Waals surface area (Å²) in [5.74, 6) is 1.63. The highest BCUT2D eigenvalue weighted by molar-refractivity contribution is 5.85. The number of carbonyl (C=O) groups is 1. The molecule has 3 fully saturated rings. The standard InChI is InChI=1S/C22H32N2O3.ClH/c1-26-19-7-5-17(6-8-19)21(10-12-27-13-11-21)15-24-20(25)22-9-3-2-4-18(22)14-23-16-22;/h5-8,18,23H,2-4,9-16H2,1H3,(H,24,25);1H/t18-,22+;/m0./s1. The summed E-state index contributed by atoms with van der Waals surface area (Å²) >= 11 is 0. The van der Waals surface area contributed by atoms with Gasteiger partial charge in [0.2, 0.25) is 5.91 Å². The van der Waals surface area contributed by atoms with Crippen LogP contribution in [0.3, 0.4) is 0 Å². The lowest BCUT2D eigenvalue weighted by atomic mass is 9.67. The third kappa shape index (κ3) is 3.89. The SMILES string of the molecule is COc1ccc(C2(CNC(=O)[C@@]34CCCC[C@H]3CNC4)CCOCC2)cc1.Cl. The average Bonchev–Trinajstić information content (AvgIpc) is 3.18.